The number of hydrogen-bond acceptors (Lipinski definition) is 4. The molecule has 7 heteroatoms. The summed E-state index contributed by atoms with van der Waals surface area (Å²) in [6.45, 7) is 5.67. The van der Waals surface area contributed by atoms with Crippen LogP contribution in [-0.4, -0.2) is 23.8 Å². The van der Waals surface area contributed by atoms with E-state index in [4.69, 9.17) is 10.6 Å². The molecule has 0 bridgehead atoms. The van der Waals surface area contributed by atoms with Crippen LogP contribution in [0.1, 0.15) is 39.2 Å². The minimum Gasteiger partial charge on any atom is -0.368 e. The number of carbonyl (C=O) groups is 3. The first-order valence-electron chi connectivity index (χ1n) is 8.33. The number of rotatable bonds is 10. The molecule has 7 nitrogen and oxygen atoms in total. The second-order valence-electron chi connectivity index (χ2n) is 6.46. The van der Waals surface area contributed by atoms with Gasteiger partial charge in [0.15, 0.2) is 0 Å². The molecule has 25 heavy (non-hydrogen) atoms. The SMILES string of the molecule is CC(C)CC(CC(=O)NOCc1ccccc1)C(=O)N[C@@H](C)C(N)=O. The summed E-state index contributed by atoms with van der Waals surface area (Å²) in [4.78, 5) is 40.6. The lowest BCUT2D eigenvalue weighted by Crippen LogP contribution is -2.45. The third kappa shape index (κ3) is 8.30. The van der Waals surface area contributed by atoms with Crippen LogP contribution in [-0.2, 0) is 25.8 Å². The summed E-state index contributed by atoms with van der Waals surface area (Å²) in [5, 5.41) is 2.54. The van der Waals surface area contributed by atoms with Crippen molar-refractivity contribution in [2.24, 2.45) is 17.6 Å². The maximum Gasteiger partial charge on any atom is 0.244 e. The van der Waals surface area contributed by atoms with E-state index in [0.717, 1.165) is 5.56 Å². The van der Waals surface area contributed by atoms with E-state index in [1.54, 1.807) is 0 Å². The summed E-state index contributed by atoms with van der Waals surface area (Å²) in [7, 11) is 0. The molecule has 0 radical (unpaired) electrons. The molecule has 138 valence electrons. The average Bonchev–Trinajstić information content (AvgIpc) is 2.54. The molecule has 0 aliphatic rings. The van der Waals surface area contributed by atoms with Crippen molar-refractivity contribution in [3.8, 4) is 0 Å². The van der Waals surface area contributed by atoms with E-state index in [-0.39, 0.29) is 30.8 Å². The van der Waals surface area contributed by atoms with E-state index >= 15 is 0 Å². The lowest BCUT2D eigenvalue weighted by Gasteiger charge is -2.20. The van der Waals surface area contributed by atoms with E-state index in [2.05, 4.69) is 10.8 Å². The van der Waals surface area contributed by atoms with Crippen LogP contribution in [0.5, 0.6) is 0 Å². The first kappa shape index (κ1) is 20.6. The van der Waals surface area contributed by atoms with E-state index < -0.39 is 17.9 Å². The predicted octanol–water partition coefficient (Wildman–Crippen LogP) is 1.28. The summed E-state index contributed by atoms with van der Waals surface area (Å²) in [5.74, 6) is -1.70. The standard InChI is InChI=1S/C18H27N3O4/c1-12(2)9-15(18(24)20-13(3)17(19)23)10-16(22)21-25-11-14-7-5-4-6-8-14/h4-8,12-13,15H,9-11H2,1-3H3,(H2,19,23)(H,20,24)(H,21,22)/t13-,15?/m0/s1. The molecule has 1 unspecified atom stereocenters. The van der Waals surface area contributed by atoms with E-state index in [1.165, 1.54) is 6.92 Å². The van der Waals surface area contributed by atoms with Gasteiger partial charge >= 0.3 is 0 Å². The quantitative estimate of drug-likeness (QED) is 0.553. The fraction of sp³-hybridized carbons (Fsp3) is 0.500. The summed E-state index contributed by atoms with van der Waals surface area (Å²) < 4.78 is 0. The topological polar surface area (TPSA) is 111 Å². The van der Waals surface area contributed by atoms with Crippen molar-refractivity contribution in [2.75, 3.05) is 0 Å². The van der Waals surface area contributed by atoms with Gasteiger partial charge < -0.3 is 11.1 Å². The smallest absolute Gasteiger partial charge is 0.244 e. The van der Waals surface area contributed by atoms with Crippen molar-refractivity contribution in [3.05, 3.63) is 35.9 Å². The largest absolute Gasteiger partial charge is 0.368 e. The van der Waals surface area contributed by atoms with Crippen LogP contribution in [0, 0.1) is 11.8 Å². The Morgan fingerprint density at radius 2 is 1.76 bits per heavy atom. The molecule has 1 aromatic rings. The maximum atomic E-state index is 12.3. The van der Waals surface area contributed by atoms with Crippen LogP contribution < -0.4 is 16.5 Å². The Labute approximate surface area is 148 Å². The van der Waals surface area contributed by atoms with Gasteiger partial charge in [0.05, 0.1) is 6.61 Å². The fourth-order valence-corrected chi connectivity index (χ4v) is 2.29. The lowest BCUT2D eigenvalue weighted by molar-refractivity contribution is -0.139. The fourth-order valence-electron chi connectivity index (χ4n) is 2.29. The molecule has 0 aliphatic carbocycles. The van der Waals surface area contributed by atoms with Gasteiger partial charge in [-0.2, -0.15) is 0 Å². The van der Waals surface area contributed by atoms with Crippen LogP contribution in [0.2, 0.25) is 0 Å². The van der Waals surface area contributed by atoms with Crippen LogP contribution in [0.15, 0.2) is 30.3 Å². The third-order valence-electron chi connectivity index (χ3n) is 3.61. The molecule has 0 spiro atoms. The van der Waals surface area contributed by atoms with E-state index in [0.29, 0.717) is 6.42 Å². The van der Waals surface area contributed by atoms with Crippen LogP contribution in [0.4, 0.5) is 0 Å². The highest BCUT2D eigenvalue weighted by molar-refractivity contribution is 5.89. The zero-order valence-electron chi connectivity index (χ0n) is 15.0. The zero-order chi connectivity index (χ0) is 18.8. The number of benzene rings is 1. The molecule has 2 atom stereocenters. The van der Waals surface area contributed by atoms with Gasteiger partial charge in [0.1, 0.15) is 6.04 Å². The highest BCUT2D eigenvalue weighted by Gasteiger charge is 2.25. The van der Waals surface area contributed by atoms with Crippen molar-refractivity contribution in [1.82, 2.24) is 10.8 Å². The number of carbonyl (C=O) groups excluding carboxylic acids is 3. The molecule has 0 heterocycles. The van der Waals surface area contributed by atoms with Gasteiger partial charge in [-0.1, -0.05) is 44.2 Å². The van der Waals surface area contributed by atoms with Crippen molar-refractivity contribution in [1.29, 1.82) is 0 Å². The molecule has 0 fully saturated rings. The molecule has 0 saturated heterocycles. The third-order valence-corrected chi connectivity index (χ3v) is 3.61. The Bertz CT molecular complexity index is 575. The van der Waals surface area contributed by atoms with Gasteiger partial charge in [0.25, 0.3) is 0 Å². The van der Waals surface area contributed by atoms with Gasteiger partial charge in [0.2, 0.25) is 17.7 Å². The summed E-state index contributed by atoms with van der Waals surface area (Å²) in [5.41, 5.74) is 8.44. The number of nitrogens with two attached hydrogens (primary N) is 1. The molecule has 1 rings (SSSR count). The highest BCUT2D eigenvalue weighted by Crippen LogP contribution is 2.16. The van der Waals surface area contributed by atoms with Crippen molar-refractivity contribution < 1.29 is 19.2 Å². The Balaban J connectivity index is 2.51. The van der Waals surface area contributed by atoms with E-state index in [1.807, 2.05) is 44.2 Å². The summed E-state index contributed by atoms with van der Waals surface area (Å²) in [6.07, 6.45) is 0.494. The summed E-state index contributed by atoms with van der Waals surface area (Å²) in [6, 6.07) is 8.63. The Kier molecular flexibility index (Phi) is 8.63. The normalized spacial score (nSPS) is 13.1. The molecular weight excluding hydrogens is 322 g/mol. The van der Waals surface area contributed by atoms with Gasteiger partial charge in [-0.15, -0.1) is 0 Å². The van der Waals surface area contributed by atoms with Crippen molar-refractivity contribution in [2.45, 2.75) is 46.3 Å². The Morgan fingerprint density at radius 1 is 1.12 bits per heavy atom. The van der Waals surface area contributed by atoms with Crippen molar-refractivity contribution in [3.63, 3.8) is 0 Å². The second-order valence-corrected chi connectivity index (χ2v) is 6.46. The van der Waals surface area contributed by atoms with Crippen LogP contribution in [0.3, 0.4) is 0 Å². The molecule has 0 aromatic heterocycles. The van der Waals surface area contributed by atoms with Crippen LogP contribution >= 0.6 is 0 Å². The van der Waals surface area contributed by atoms with E-state index in [9.17, 15) is 14.4 Å². The Hall–Kier alpha value is -2.41. The number of nitrogens with one attached hydrogen (secondary N) is 2. The number of primary amides is 1. The van der Waals surface area contributed by atoms with Crippen LogP contribution in [0.25, 0.3) is 0 Å². The molecule has 1 aromatic carbocycles. The maximum absolute atomic E-state index is 12.3. The first-order chi connectivity index (χ1) is 11.8. The Morgan fingerprint density at radius 3 is 2.32 bits per heavy atom. The van der Waals surface area contributed by atoms with Gasteiger partial charge in [0, 0.05) is 12.3 Å². The molecule has 0 aliphatic heterocycles. The second kappa shape index (κ2) is 10.5. The lowest BCUT2D eigenvalue weighted by atomic mass is 9.93. The average molecular weight is 349 g/mol. The highest BCUT2D eigenvalue weighted by atomic mass is 16.6. The minimum atomic E-state index is -0.778. The molecular formula is C18H27N3O4. The summed E-state index contributed by atoms with van der Waals surface area (Å²) >= 11 is 0. The van der Waals surface area contributed by atoms with Crippen molar-refractivity contribution >= 4 is 17.7 Å². The number of hydroxylamine groups is 1. The number of hydrogen-bond donors (Lipinski definition) is 3. The van der Waals surface area contributed by atoms with Gasteiger partial charge in [-0.3, -0.25) is 19.2 Å². The minimum absolute atomic E-state index is 0.0235. The first-order valence-corrected chi connectivity index (χ1v) is 8.33. The molecule has 0 saturated carbocycles. The number of amides is 3. The monoisotopic (exact) mass is 349 g/mol. The molecule has 3 amide bonds. The zero-order valence-corrected chi connectivity index (χ0v) is 15.0. The molecule has 4 N–H and O–H groups in total. The predicted molar refractivity (Wildman–Crippen MR) is 93.7 cm³/mol. The van der Waals surface area contributed by atoms with Gasteiger partial charge in [-0.25, -0.2) is 5.48 Å². The van der Waals surface area contributed by atoms with Gasteiger partial charge in [-0.05, 0) is 24.8 Å².